The minimum Gasteiger partial charge on any atom is -0.481 e. The van der Waals surface area contributed by atoms with Crippen LogP contribution in [0.25, 0.3) is 0 Å². The first-order valence-corrected chi connectivity index (χ1v) is 7.71. The Morgan fingerprint density at radius 2 is 1.63 bits per heavy atom. The summed E-state index contributed by atoms with van der Waals surface area (Å²) in [5.74, 6) is 0.187. The minimum atomic E-state index is -0.658. The van der Waals surface area contributed by atoms with Crippen molar-refractivity contribution in [3.8, 4) is 0 Å². The first-order chi connectivity index (χ1) is 9.17. The Kier molecular flexibility index (Phi) is 3.81. The van der Waals surface area contributed by atoms with Crippen LogP contribution in [-0.2, 0) is 14.3 Å². The average molecular weight is 268 g/mol. The zero-order chi connectivity index (χ0) is 13.4. The Morgan fingerprint density at radius 3 is 2.16 bits per heavy atom. The number of fused-ring (bicyclic) bond motifs is 2. The van der Waals surface area contributed by atoms with E-state index in [0.29, 0.717) is 18.3 Å². The van der Waals surface area contributed by atoms with Crippen LogP contribution in [-0.4, -0.2) is 35.5 Å². The van der Waals surface area contributed by atoms with Gasteiger partial charge in [0.2, 0.25) is 0 Å². The lowest BCUT2D eigenvalue weighted by Crippen LogP contribution is -2.21. The molecule has 0 aromatic carbocycles. The molecule has 0 spiro atoms. The summed E-state index contributed by atoms with van der Waals surface area (Å²) in [7, 11) is 0. The summed E-state index contributed by atoms with van der Waals surface area (Å²) in [5, 5.41) is 8.62. The Morgan fingerprint density at radius 1 is 1.00 bits per heavy atom. The standard InChI is InChI=1S/C8H14O.C7H10O3/c1-2-6-3-4-7-8(5-6)9-7;8-7(9)4-1-2-5-6(3-4)10-5/h6-8H,2-5H2,1H3;4-6H,1-3H2,(H,8,9). The third-order valence-electron chi connectivity index (χ3n) is 5.04. The molecule has 108 valence electrons. The molecular formula is C15H24O4. The molecule has 0 bridgehead atoms. The van der Waals surface area contributed by atoms with Crippen LogP contribution in [0.2, 0.25) is 0 Å². The van der Waals surface area contributed by atoms with E-state index in [1.165, 1.54) is 25.7 Å². The van der Waals surface area contributed by atoms with Crippen LogP contribution in [0.1, 0.15) is 51.9 Å². The topological polar surface area (TPSA) is 62.4 Å². The van der Waals surface area contributed by atoms with E-state index >= 15 is 0 Å². The second kappa shape index (κ2) is 5.41. The van der Waals surface area contributed by atoms with Gasteiger partial charge < -0.3 is 14.6 Å². The highest BCUT2D eigenvalue weighted by Crippen LogP contribution is 2.40. The van der Waals surface area contributed by atoms with Crippen molar-refractivity contribution in [1.82, 2.24) is 0 Å². The van der Waals surface area contributed by atoms with E-state index in [2.05, 4.69) is 6.92 Å². The van der Waals surface area contributed by atoms with Crippen molar-refractivity contribution >= 4 is 5.97 Å². The highest BCUT2D eigenvalue weighted by atomic mass is 16.6. The fourth-order valence-corrected chi connectivity index (χ4v) is 3.49. The van der Waals surface area contributed by atoms with Gasteiger partial charge in [-0.1, -0.05) is 13.3 Å². The van der Waals surface area contributed by atoms with Crippen molar-refractivity contribution in [3.63, 3.8) is 0 Å². The molecule has 4 nitrogen and oxygen atoms in total. The van der Waals surface area contributed by atoms with Gasteiger partial charge in [0.1, 0.15) is 0 Å². The van der Waals surface area contributed by atoms with Gasteiger partial charge in [-0.15, -0.1) is 0 Å². The summed E-state index contributed by atoms with van der Waals surface area (Å²) in [6, 6.07) is 0. The molecule has 2 saturated heterocycles. The van der Waals surface area contributed by atoms with Crippen molar-refractivity contribution in [1.29, 1.82) is 0 Å². The third-order valence-corrected chi connectivity index (χ3v) is 5.04. The Bertz CT molecular complexity index is 343. The van der Waals surface area contributed by atoms with E-state index in [1.54, 1.807) is 0 Å². The first-order valence-electron chi connectivity index (χ1n) is 7.71. The van der Waals surface area contributed by atoms with E-state index in [9.17, 15) is 4.79 Å². The lowest BCUT2D eigenvalue weighted by molar-refractivity contribution is -0.142. The van der Waals surface area contributed by atoms with Crippen LogP contribution < -0.4 is 0 Å². The number of carboxylic acids is 1. The summed E-state index contributed by atoms with van der Waals surface area (Å²) in [5.41, 5.74) is 0. The van der Waals surface area contributed by atoms with Gasteiger partial charge in [-0.25, -0.2) is 0 Å². The molecular weight excluding hydrogens is 244 g/mol. The lowest BCUT2D eigenvalue weighted by atomic mass is 9.88. The maximum absolute atomic E-state index is 10.5. The highest BCUT2D eigenvalue weighted by Gasteiger charge is 2.45. The molecule has 0 amide bonds. The largest absolute Gasteiger partial charge is 0.481 e. The molecule has 4 heteroatoms. The molecule has 2 heterocycles. The number of carbonyl (C=O) groups is 1. The number of hydrogen-bond donors (Lipinski definition) is 1. The average Bonchev–Trinajstić information content (AvgIpc) is 3.31. The van der Waals surface area contributed by atoms with Crippen LogP contribution >= 0.6 is 0 Å². The van der Waals surface area contributed by atoms with Gasteiger partial charge in [-0.2, -0.15) is 0 Å². The molecule has 4 fully saturated rings. The SMILES string of the molecule is CCC1CCC2OC2C1.O=C(O)C1CCC2OC2C1. The van der Waals surface area contributed by atoms with E-state index in [-0.39, 0.29) is 12.0 Å². The number of aliphatic carboxylic acids is 1. The predicted octanol–water partition coefficient (Wildman–Crippen LogP) is 2.60. The molecule has 6 atom stereocenters. The Labute approximate surface area is 114 Å². The number of carboxylic acid groups (broad SMARTS) is 1. The molecule has 2 aliphatic carbocycles. The fraction of sp³-hybridized carbons (Fsp3) is 0.933. The molecule has 2 saturated carbocycles. The molecule has 0 radical (unpaired) electrons. The Hall–Kier alpha value is -0.610. The normalized spacial score (nSPS) is 46.2. The van der Waals surface area contributed by atoms with Crippen LogP contribution in [0.15, 0.2) is 0 Å². The smallest absolute Gasteiger partial charge is 0.306 e. The zero-order valence-corrected chi connectivity index (χ0v) is 11.6. The molecule has 0 aromatic rings. The van der Waals surface area contributed by atoms with Gasteiger partial charge >= 0.3 is 5.97 Å². The molecule has 19 heavy (non-hydrogen) atoms. The molecule has 0 aromatic heterocycles. The van der Waals surface area contributed by atoms with Gasteiger partial charge in [-0.05, 0) is 44.4 Å². The zero-order valence-electron chi connectivity index (χ0n) is 11.6. The first kappa shape index (κ1) is 13.4. The fourth-order valence-electron chi connectivity index (χ4n) is 3.49. The van der Waals surface area contributed by atoms with Crippen molar-refractivity contribution in [2.24, 2.45) is 11.8 Å². The minimum absolute atomic E-state index is 0.135. The van der Waals surface area contributed by atoms with Gasteiger partial charge in [0, 0.05) is 0 Å². The van der Waals surface area contributed by atoms with Crippen LogP contribution in [0.4, 0.5) is 0 Å². The number of epoxide rings is 2. The molecule has 2 aliphatic heterocycles. The van der Waals surface area contributed by atoms with Gasteiger partial charge in [0.15, 0.2) is 0 Å². The van der Waals surface area contributed by atoms with E-state index < -0.39 is 5.97 Å². The van der Waals surface area contributed by atoms with Crippen LogP contribution in [0.5, 0.6) is 0 Å². The highest BCUT2D eigenvalue weighted by molar-refractivity contribution is 5.70. The molecule has 6 unspecified atom stereocenters. The predicted molar refractivity (Wildman–Crippen MR) is 69.9 cm³/mol. The molecule has 4 rings (SSSR count). The quantitative estimate of drug-likeness (QED) is 0.782. The summed E-state index contributed by atoms with van der Waals surface area (Å²) in [6.07, 6.45) is 10.0. The van der Waals surface area contributed by atoms with Crippen molar-refractivity contribution in [2.45, 2.75) is 76.3 Å². The van der Waals surface area contributed by atoms with Crippen LogP contribution in [0, 0.1) is 11.8 Å². The lowest BCUT2D eigenvalue weighted by Gasteiger charge is -2.15. The summed E-state index contributed by atoms with van der Waals surface area (Å²) in [6.45, 7) is 2.29. The summed E-state index contributed by atoms with van der Waals surface area (Å²) >= 11 is 0. The molecule has 4 aliphatic rings. The van der Waals surface area contributed by atoms with E-state index in [1.807, 2.05) is 0 Å². The number of ether oxygens (including phenoxy) is 2. The van der Waals surface area contributed by atoms with Crippen molar-refractivity contribution in [3.05, 3.63) is 0 Å². The van der Waals surface area contributed by atoms with Crippen molar-refractivity contribution < 1.29 is 19.4 Å². The third kappa shape index (κ3) is 3.29. The van der Waals surface area contributed by atoms with E-state index in [4.69, 9.17) is 14.6 Å². The Balaban J connectivity index is 0.000000117. The second-order valence-electron chi connectivity index (χ2n) is 6.36. The van der Waals surface area contributed by atoms with Gasteiger partial charge in [0.05, 0.1) is 30.3 Å². The van der Waals surface area contributed by atoms with Crippen LogP contribution in [0.3, 0.4) is 0 Å². The monoisotopic (exact) mass is 268 g/mol. The van der Waals surface area contributed by atoms with Gasteiger partial charge in [0.25, 0.3) is 0 Å². The number of hydrogen-bond acceptors (Lipinski definition) is 3. The number of rotatable bonds is 2. The molecule has 1 N–H and O–H groups in total. The van der Waals surface area contributed by atoms with Gasteiger partial charge in [-0.3, -0.25) is 4.79 Å². The summed E-state index contributed by atoms with van der Waals surface area (Å²) in [4.78, 5) is 10.5. The second-order valence-corrected chi connectivity index (χ2v) is 6.36. The van der Waals surface area contributed by atoms with Crippen molar-refractivity contribution in [2.75, 3.05) is 0 Å². The summed E-state index contributed by atoms with van der Waals surface area (Å²) < 4.78 is 10.6. The maximum Gasteiger partial charge on any atom is 0.306 e. The maximum atomic E-state index is 10.5. The van der Waals surface area contributed by atoms with E-state index in [0.717, 1.165) is 25.2 Å².